The fourth-order valence-corrected chi connectivity index (χ4v) is 1.68. The van der Waals surface area contributed by atoms with Crippen molar-refractivity contribution >= 4 is 12.1 Å². The van der Waals surface area contributed by atoms with Crippen molar-refractivity contribution in [3.05, 3.63) is 0 Å². The molecular formula is C11H15N2O4-. The highest BCUT2D eigenvalue weighted by atomic mass is 16.6. The molecule has 2 atom stereocenters. The van der Waals surface area contributed by atoms with Crippen LogP contribution in [0.3, 0.4) is 0 Å². The average molecular weight is 239 g/mol. The van der Waals surface area contributed by atoms with Gasteiger partial charge in [0, 0.05) is 6.54 Å². The maximum Gasteiger partial charge on any atom is 0.410 e. The van der Waals surface area contributed by atoms with Crippen LogP contribution < -0.4 is 5.11 Å². The SMILES string of the molecule is CC(C)(C)OC(=O)N1C[C@@H](C#N)C[C@H]1C(=O)[O-]. The second-order valence-corrected chi connectivity index (χ2v) is 5.03. The van der Waals surface area contributed by atoms with Crippen molar-refractivity contribution in [2.75, 3.05) is 6.54 Å². The van der Waals surface area contributed by atoms with E-state index in [1.54, 1.807) is 20.8 Å². The van der Waals surface area contributed by atoms with Gasteiger partial charge in [-0.15, -0.1) is 0 Å². The number of amides is 1. The Morgan fingerprint density at radius 2 is 2.06 bits per heavy atom. The standard InChI is InChI=1S/C11H16N2O4/c1-11(2,3)17-10(16)13-6-7(5-12)4-8(13)9(14)15/h7-8H,4,6H2,1-3H3,(H,14,15)/p-1/t7-,8+/m1/s1. The van der Waals surface area contributed by atoms with Crippen molar-refractivity contribution in [1.29, 1.82) is 5.26 Å². The summed E-state index contributed by atoms with van der Waals surface area (Å²) in [6.45, 7) is 5.15. The molecule has 0 aromatic heterocycles. The third-order valence-electron chi connectivity index (χ3n) is 2.38. The fraction of sp³-hybridized carbons (Fsp3) is 0.727. The van der Waals surface area contributed by atoms with E-state index in [1.165, 1.54) is 0 Å². The molecular weight excluding hydrogens is 224 g/mol. The van der Waals surface area contributed by atoms with Gasteiger partial charge >= 0.3 is 6.09 Å². The van der Waals surface area contributed by atoms with Gasteiger partial charge < -0.3 is 14.6 Å². The van der Waals surface area contributed by atoms with Gasteiger partial charge in [0.05, 0.1) is 24.0 Å². The number of rotatable bonds is 1. The van der Waals surface area contributed by atoms with Crippen LogP contribution in [0, 0.1) is 17.2 Å². The molecule has 0 spiro atoms. The number of hydrogen-bond acceptors (Lipinski definition) is 5. The van der Waals surface area contributed by atoms with Gasteiger partial charge in [-0.05, 0) is 27.2 Å². The van der Waals surface area contributed by atoms with Crippen LogP contribution >= 0.6 is 0 Å². The van der Waals surface area contributed by atoms with Crippen LogP contribution in [0.5, 0.6) is 0 Å². The van der Waals surface area contributed by atoms with E-state index < -0.39 is 29.6 Å². The number of likely N-dealkylation sites (tertiary alicyclic amines) is 1. The first-order valence-corrected chi connectivity index (χ1v) is 5.34. The fourth-order valence-electron chi connectivity index (χ4n) is 1.68. The summed E-state index contributed by atoms with van der Waals surface area (Å²) in [4.78, 5) is 23.7. The van der Waals surface area contributed by atoms with E-state index >= 15 is 0 Å². The van der Waals surface area contributed by atoms with E-state index in [1.807, 2.05) is 6.07 Å². The number of aliphatic carboxylic acids is 1. The molecule has 17 heavy (non-hydrogen) atoms. The first-order valence-electron chi connectivity index (χ1n) is 5.34. The quantitative estimate of drug-likeness (QED) is 0.636. The lowest BCUT2D eigenvalue weighted by Gasteiger charge is -2.28. The number of ether oxygens (including phenoxy) is 1. The van der Waals surface area contributed by atoms with Gasteiger partial charge in [-0.2, -0.15) is 5.26 Å². The topological polar surface area (TPSA) is 93.5 Å². The first-order chi connectivity index (χ1) is 7.74. The van der Waals surface area contributed by atoms with Crippen LogP contribution in [-0.2, 0) is 9.53 Å². The lowest BCUT2D eigenvalue weighted by atomic mass is 10.1. The summed E-state index contributed by atoms with van der Waals surface area (Å²) in [6.07, 6.45) is -0.623. The number of carbonyl (C=O) groups is 2. The van der Waals surface area contributed by atoms with Gasteiger partial charge in [-0.3, -0.25) is 4.90 Å². The number of nitriles is 1. The molecule has 0 radical (unpaired) electrons. The summed E-state index contributed by atoms with van der Waals surface area (Å²) in [6, 6.07) is 0.881. The highest BCUT2D eigenvalue weighted by molar-refractivity contribution is 5.79. The number of hydrogen-bond donors (Lipinski definition) is 0. The molecule has 0 N–H and O–H groups in total. The van der Waals surface area contributed by atoms with Gasteiger partial charge in [0.2, 0.25) is 0 Å². The Balaban J connectivity index is 2.78. The monoisotopic (exact) mass is 239 g/mol. The molecule has 0 saturated carbocycles. The Hall–Kier alpha value is -1.77. The molecule has 0 aliphatic carbocycles. The van der Waals surface area contributed by atoms with Gasteiger partial charge in [0.15, 0.2) is 0 Å². The second-order valence-electron chi connectivity index (χ2n) is 5.03. The molecule has 94 valence electrons. The molecule has 1 heterocycles. The lowest BCUT2D eigenvalue weighted by molar-refractivity contribution is -0.310. The molecule has 6 nitrogen and oxygen atoms in total. The van der Waals surface area contributed by atoms with E-state index in [0.717, 1.165) is 4.90 Å². The highest BCUT2D eigenvalue weighted by Gasteiger charge is 2.38. The number of carboxylic acids is 1. The van der Waals surface area contributed by atoms with E-state index in [0.29, 0.717) is 0 Å². The summed E-state index contributed by atoms with van der Waals surface area (Å²) in [5, 5.41) is 19.6. The van der Waals surface area contributed by atoms with Gasteiger partial charge in [0.1, 0.15) is 5.60 Å². The van der Waals surface area contributed by atoms with Crippen molar-refractivity contribution in [3.63, 3.8) is 0 Å². The zero-order chi connectivity index (χ0) is 13.2. The van der Waals surface area contributed by atoms with E-state index in [-0.39, 0.29) is 13.0 Å². The summed E-state index contributed by atoms with van der Waals surface area (Å²) < 4.78 is 5.08. The normalized spacial score (nSPS) is 24.2. The molecule has 0 bridgehead atoms. The number of nitrogens with zero attached hydrogens (tertiary/aromatic N) is 2. The molecule has 1 amide bonds. The van der Waals surface area contributed by atoms with Crippen molar-refractivity contribution < 1.29 is 19.4 Å². The maximum atomic E-state index is 11.7. The predicted octanol–water partition coefficient (Wildman–Crippen LogP) is -0.115. The number of carboxylic acid groups (broad SMARTS) is 1. The third-order valence-corrected chi connectivity index (χ3v) is 2.38. The molecule has 0 unspecified atom stereocenters. The van der Waals surface area contributed by atoms with Gasteiger partial charge in [-0.25, -0.2) is 4.79 Å². The Kier molecular flexibility index (Phi) is 3.61. The van der Waals surface area contributed by atoms with E-state index in [9.17, 15) is 14.7 Å². The molecule has 1 aliphatic rings. The lowest BCUT2D eigenvalue weighted by Crippen LogP contribution is -2.48. The van der Waals surface area contributed by atoms with Crippen LogP contribution in [-0.4, -0.2) is 35.2 Å². The molecule has 0 aromatic carbocycles. The second kappa shape index (κ2) is 4.62. The van der Waals surface area contributed by atoms with Crippen molar-refractivity contribution in [2.24, 2.45) is 5.92 Å². The Bertz CT molecular complexity index is 367. The molecule has 0 aromatic rings. The molecule has 1 rings (SSSR count). The summed E-state index contributed by atoms with van der Waals surface area (Å²) in [5.74, 6) is -1.83. The molecule has 6 heteroatoms. The zero-order valence-corrected chi connectivity index (χ0v) is 10.1. The van der Waals surface area contributed by atoms with E-state index in [4.69, 9.17) is 10.00 Å². The van der Waals surface area contributed by atoms with Crippen LogP contribution in [0.4, 0.5) is 4.79 Å². The molecule has 1 saturated heterocycles. The maximum absolute atomic E-state index is 11.7. The Labute approximate surface area is 99.8 Å². The van der Waals surface area contributed by atoms with Crippen molar-refractivity contribution in [1.82, 2.24) is 4.90 Å². The highest BCUT2D eigenvalue weighted by Crippen LogP contribution is 2.24. The Morgan fingerprint density at radius 3 is 2.47 bits per heavy atom. The number of carbonyl (C=O) groups excluding carboxylic acids is 2. The minimum atomic E-state index is -1.35. The van der Waals surface area contributed by atoms with E-state index in [2.05, 4.69) is 0 Å². The first kappa shape index (κ1) is 13.3. The predicted molar refractivity (Wildman–Crippen MR) is 55.5 cm³/mol. The van der Waals surface area contributed by atoms with Crippen molar-refractivity contribution in [3.8, 4) is 6.07 Å². The minimum absolute atomic E-state index is 0.0735. The molecule has 1 fully saturated rings. The van der Waals surface area contributed by atoms with Gasteiger partial charge in [-0.1, -0.05) is 0 Å². The van der Waals surface area contributed by atoms with Crippen molar-refractivity contribution in [2.45, 2.75) is 38.8 Å². The minimum Gasteiger partial charge on any atom is -0.548 e. The van der Waals surface area contributed by atoms with Crippen LogP contribution in [0.2, 0.25) is 0 Å². The third kappa shape index (κ3) is 3.34. The smallest absolute Gasteiger partial charge is 0.410 e. The average Bonchev–Trinajstić information content (AvgIpc) is 2.58. The Morgan fingerprint density at radius 1 is 1.47 bits per heavy atom. The molecule has 1 aliphatic heterocycles. The van der Waals surface area contributed by atoms with Crippen LogP contribution in [0.1, 0.15) is 27.2 Å². The zero-order valence-electron chi connectivity index (χ0n) is 10.1. The van der Waals surface area contributed by atoms with Crippen LogP contribution in [0.25, 0.3) is 0 Å². The summed E-state index contributed by atoms with van der Waals surface area (Å²) >= 11 is 0. The van der Waals surface area contributed by atoms with Crippen LogP contribution in [0.15, 0.2) is 0 Å². The van der Waals surface area contributed by atoms with Gasteiger partial charge in [0.25, 0.3) is 0 Å². The summed E-state index contributed by atoms with van der Waals surface area (Å²) in [7, 11) is 0. The largest absolute Gasteiger partial charge is 0.548 e. The summed E-state index contributed by atoms with van der Waals surface area (Å²) in [5.41, 5.74) is -0.696.